The number of benzene rings is 1. The van der Waals surface area contributed by atoms with Crippen molar-refractivity contribution in [3.05, 3.63) is 35.9 Å². The summed E-state index contributed by atoms with van der Waals surface area (Å²) in [6.07, 6.45) is -2.03. The topological polar surface area (TPSA) is 86.7 Å². The van der Waals surface area contributed by atoms with E-state index in [9.17, 15) is 19.5 Å². The van der Waals surface area contributed by atoms with E-state index in [2.05, 4.69) is 0 Å². The van der Waals surface area contributed by atoms with Crippen LogP contribution in [0.2, 0.25) is 0 Å². The molecule has 0 aromatic heterocycles. The van der Waals surface area contributed by atoms with Crippen LogP contribution in [0.25, 0.3) is 0 Å². The number of carboxylic acid groups (broad SMARTS) is 1. The number of carbonyl (C=O) groups excluding carboxylic acids is 3. The van der Waals surface area contributed by atoms with E-state index in [1.807, 2.05) is 0 Å². The lowest BCUT2D eigenvalue weighted by molar-refractivity contribution is -0.305. The van der Waals surface area contributed by atoms with E-state index in [0.717, 1.165) is 0 Å². The van der Waals surface area contributed by atoms with E-state index < -0.39 is 30.6 Å². The Morgan fingerprint density at radius 2 is 1.94 bits per heavy atom. The summed E-state index contributed by atoms with van der Waals surface area (Å²) in [7, 11) is 0. The van der Waals surface area contributed by atoms with Gasteiger partial charge in [-0.25, -0.2) is 9.69 Å². The summed E-state index contributed by atoms with van der Waals surface area (Å²) < 4.78 is 4.82. The Bertz CT molecular complexity index is 470. The Hall–Kier alpha value is -2.37. The van der Waals surface area contributed by atoms with Gasteiger partial charge in [0.2, 0.25) is 6.10 Å². The first-order valence-corrected chi connectivity index (χ1v) is 4.86. The van der Waals surface area contributed by atoms with Crippen LogP contribution in [0.15, 0.2) is 30.3 Å². The maximum Gasteiger partial charge on any atom is 0.418 e. The Balaban J connectivity index is 2.22. The quantitative estimate of drug-likeness (QED) is 0.700. The van der Waals surface area contributed by atoms with E-state index >= 15 is 0 Å². The molecule has 6 heteroatoms. The molecule has 1 aromatic carbocycles. The second kappa shape index (κ2) is 4.25. The van der Waals surface area contributed by atoms with Gasteiger partial charge >= 0.3 is 6.09 Å². The van der Waals surface area contributed by atoms with Crippen molar-refractivity contribution in [2.24, 2.45) is 0 Å². The fraction of sp³-hybridized carbons (Fsp3) is 0.182. The van der Waals surface area contributed by atoms with Crippen LogP contribution in [-0.2, 0) is 14.3 Å². The van der Waals surface area contributed by atoms with Crippen LogP contribution in [0.3, 0.4) is 0 Å². The monoisotopic (exact) mass is 234 g/mol. The lowest BCUT2D eigenvalue weighted by atomic mass is 10.1. The van der Waals surface area contributed by atoms with Crippen molar-refractivity contribution in [3.63, 3.8) is 0 Å². The summed E-state index contributed by atoms with van der Waals surface area (Å²) in [5, 5.41) is 10.4. The van der Waals surface area contributed by atoms with Gasteiger partial charge in [-0.1, -0.05) is 30.3 Å². The fourth-order valence-electron chi connectivity index (χ4n) is 1.56. The van der Waals surface area contributed by atoms with Gasteiger partial charge in [-0.3, -0.25) is 4.79 Å². The Morgan fingerprint density at radius 3 is 2.53 bits per heavy atom. The first-order chi connectivity index (χ1) is 8.09. The molecule has 1 aliphatic heterocycles. The lowest BCUT2D eigenvalue weighted by Gasteiger charge is -2.11. The second-order valence-corrected chi connectivity index (χ2v) is 3.47. The van der Waals surface area contributed by atoms with Gasteiger partial charge in [-0.15, -0.1) is 0 Å². The molecule has 0 bridgehead atoms. The number of ether oxygens (including phenoxy) is 1. The van der Waals surface area contributed by atoms with Crippen molar-refractivity contribution >= 4 is 18.0 Å². The van der Waals surface area contributed by atoms with Crippen molar-refractivity contribution in [3.8, 4) is 0 Å². The number of carbonyl (C=O) groups is 3. The molecule has 0 spiro atoms. The number of amides is 2. The second-order valence-electron chi connectivity index (χ2n) is 3.47. The molecule has 1 aliphatic rings. The zero-order chi connectivity index (χ0) is 12.4. The number of imide groups is 1. The highest BCUT2D eigenvalue weighted by Crippen LogP contribution is 2.26. The maximum absolute atomic E-state index is 11.7. The molecule has 0 saturated carbocycles. The number of nitrogens with zero attached hydrogens (tertiary/aromatic N) is 1. The minimum Gasteiger partial charge on any atom is -0.548 e. The van der Waals surface area contributed by atoms with E-state index in [1.165, 1.54) is 0 Å². The predicted molar refractivity (Wildman–Crippen MR) is 52.4 cm³/mol. The van der Waals surface area contributed by atoms with E-state index in [1.54, 1.807) is 30.3 Å². The molecule has 0 aliphatic carbocycles. The van der Waals surface area contributed by atoms with Gasteiger partial charge in [0, 0.05) is 5.56 Å². The summed E-state index contributed by atoms with van der Waals surface area (Å²) in [5.41, 5.74) is 0.506. The van der Waals surface area contributed by atoms with Crippen LogP contribution in [0.4, 0.5) is 4.79 Å². The van der Waals surface area contributed by atoms with Gasteiger partial charge in [-0.2, -0.15) is 0 Å². The van der Waals surface area contributed by atoms with Gasteiger partial charge in [-0.05, 0) is 0 Å². The van der Waals surface area contributed by atoms with Crippen LogP contribution >= 0.6 is 0 Å². The highest BCUT2D eigenvalue weighted by molar-refractivity contribution is 6.02. The summed E-state index contributed by atoms with van der Waals surface area (Å²) in [5.74, 6) is -2.20. The molecule has 88 valence electrons. The SMILES string of the molecule is O=C([O-])CN1C(=O)O[C@@H](c2ccccc2)C1=O. The number of aliphatic carboxylic acids is 1. The molecular weight excluding hydrogens is 226 g/mol. The molecule has 1 saturated heterocycles. The minimum absolute atomic E-state index is 0.506. The molecule has 0 radical (unpaired) electrons. The molecule has 0 N–H and O–H groups in total. The minimum atomic E-state index is -1.51. The third-order valence-corrected chi connectivity index (χ3v) is 2.32. The van der Waals surface area contributed by atoms with Gasteiger partial charge in [0.1, 0.15) is 0 Å². The third kappa shape index (κ3) is 2.10. The summed E-state index contributed by atoms with van der Waals surface area (Å²) in [6, 6.07) is 8.39. The Kier molecular flexibility index (Phi) is 2.78. The van der Waals surface area contributed by atoms with Gasteiger partial charge < -0.3 is 14.6 Å². The van der Waals surface area contributed by atoms with Crippen LogP contribution in [-0.4, -0.2) is 29.4 Å². The van der Waals surface area contributed by atoms with E-state index in [4.69, 9.17) is 4.74 Å². The molecule has 1 aromatic rings. The highest BCUT2D eigenvalue weighted by Gasteiger charge is 2.41. The first-order valence-electron chi connectivity index (χ1n) is 4.86. The summed E-state index contributed by atoms with van der Waals surface area (Å²) >= 11 is 0. The fourth-order valence-corrected chi connectivity index (χ4v) is 1.56. The number of hydrogen-bond donors (Lipinski definition) is 0. The predicted octanol–water partition coefficient (Wildman–Crippen LogP) is -0.544. The summed E-state index contributed by atoms with van der Waals surface area (Å²) in [4.78, 5) is 33.9. The summed E-state index contributed by atoms with van der Waals surface area (Å²) in [6.45, 7) is -0.791. The third-order valence-electron chi connectivity index (χ3n) is 2.32. The van der Waals surface area contributed by atoms with Crippen molar-refractivity contribution < 1.29 is 24.2 Å². The molecule has 1 heterocycles. The van der Waals surface area contributed by atoms with Crippen molar-refractivity contribution in [2.75, 3.05) is 6.54 Å². The maximum atomic E-state index is 11.7. The standard InChI is InChI=1S/C11H9NO5/c13-8(14)6-12-10(15)9(17-11(12)16)7-4-2-1-3-5-7/h1-5,9H,6H2,(H,13,14)/p-1/t9-/m0/s1. The largest absolute Gasteiger partial charge is 0.548 e. The van der Waals surface area contributed by atoms with Gasteiger partial charge in [0.25, 0.3) is 5.91 Å². The number of carboxylic acids is 1. The Labute approximate surface area is 96.4 Å². The van der Waals surface area contributed by atoms with Crippen LogP contribution in [0.1, 0.15) is 11.7 Å². The van der Waals surface area contributed by atoms with Crippen LogP contribution < -0.4 is 5.11 Å². The highest BCUT2D eigenvalue weighted by atomic mass is 16.6. The molecule has 0 unspecified atom stereocenters. The van der Waals surface area contributed by atoms with Gasteiger partial charge in [0.05, 0.1) is 12.5 Å². The number of hydrogen-bond acceptors (Lipinski definition) is 5. The van der Waals surface area contributed by atoms with E-state index in [-0.39, 0.29) is 0 Å². The zero-order valence-corrected chi connectivity index (χ0v) is 8.66. The van der Waals surface area contributed by atoms with Crippen LogP contribution in [0.5, 0.6) is 0 Å². The van der Waals surface area contributed by atoms with E-state index in [0.29, 0.717) is 10.5 Å². The molecular formula is C11H8NO5-. The normalized spacial score (nSPS) is 19.3. The average Bonchev–Trinajstić information content (AvgIpc) is 2.58. The molecule has 6 nitrogen and oxygen atoms in total. The zero-order valence-electron chi connectivity index (χ0n) is 8.66. The molecule has 1 atom stereocenters. The molecule has 17 heavy (non-hydrogen) atoms. The molecule has 1 fully saturated rings. The average molecular weight is 234 g/mol. The van der Waals surface area contributed by atoms with Crippen molar-refractivity contribution in [2.45, 2.75) is 6.10 Å². The number of cyclic esters (lactones) is 1. The van der Waals surface area contributed by atoms with Gasteiger partial charge in [0.15, 0.2) is 0 Å². The van der Waals surface area contributed by atoms with Crippen LogP contribution in [0, 0.1) is 0 Å². The van der Waals surface area contributed by atoms with Crippen molar-refractivity contribution in [1.82, 2.24) is 4.90 Å². The van der Waals surface area contributed by atoms with Crippen molar-refractivity contribution in [1.29, 1.82) is 0 Å². The molecule has 2 rings (SSSR count). The number of rotatable bonds is 3. The Morgan fingerprint density at radius 1 is 1.29 bits per heavy atom. The first kappa shape index (κ1) is 11.1. The smallest absolute Gasteiger partial charge is 0.418 e. The lowest BCUT2D eigenvalue weighted by Crippen LogP contribution is -2.41. The molecule has 2 amide bonds.